The number of allylic oxidation sites excluding steroid dienone is 1. The highest BCUT2D eigenvalue weighted by Gasteiger charge is 2.30. The molecular formula is C16H19N3S. The van der Waals surface area contributed by atoms with Gasteiger partial charge in [0.15, 0.2) is 5.16 Å². The zero-order valence-corrected chi connectivity index (χ0v) is 12.6. The molecule has 2 aromatic rings. The largest absolute Gasteiger partial charge is 0.302 e. The van der Waals surface area contributed by atoms with Crippen molar-refractivity contribution in [2.24, 2.45) is 0 Å². The molecule has 1 aliphatic carbocycles. The Morgan fingerprint density at radius 2 is 2.05 bits per heavy atom. The van der Waals surface area contributed by atoms with Crippen LogP contribution >= 0.6 is 11.8 Å². The minimum atomic E-state index is 0.621. The zero-order valence-electron chi connectivity index (χ0n) is 11.7. The first-order chi connectivity index (χ1) is 9.78. The van der Waals surface area contributed by atoms with E-state index in [2.05, 4.69) is 52.5 Å². The van der Waals surface area contributed by atoms with Crippen LogP contribution in [-0.2, 0) is 12.3 Å². The van der Waals surface area contributed by atoms with Crippen LogP contribution in [0.2, 0.25) is 0 Å². The molecule has 4 heteroatoms. The van der Waals surface area contributed by atoms with Crippen molar-refractivity contribution < 1.29 is 0 Å². The molecule has 3 nitrogen and oxygen atoms in total. The van der Waals surface area contributed by atoms with E-state index in [0.717, 1.165) is 23.3 Å². The molecule has 1 saturated carbocycles. The van der Waals surface area contributed by atoms with E-state index in [4.69, 9.17) is 0 Å². The zero-order chi connectivity index (χ0) is 13.9. The topological polar surface area (TPSA) is 30.7 Å². The Balaban J connectivity index is 1.73. The van der Waals surface area contributed by atoms with Crippen LogP contribution in [0.5, 0.6) is 0 Å². The summed E-state index contributed by atoms with van der Waals surface area (Å²) in [4.78, 5) is 0. The second kappa shape index (κ2) is 5.83. The molecule has 0 atom stereocenters. The molecule has 0 N–H and O–H groups in total. The van der Waals surface area contributed by atoms with Gasteiger partial charge in [-0.2, -0.15) is 0 Å². The van der Waals surface area contributed by atoms with Gasteiger partial charge in [0.2, 0.25) is 0 Å². The monoisotopic (exact) mass is 285 g/mol. The second-order valence-corrected chi connectivity index (χ2v) is 6.23. The van der Waals surface area contributed by atoms with Crippen LogP contribution in [0.25, 0.3) is 0 Å². The summed E-state index contributed by atoms with van der Waals surface area (Å²) in [7, 11) is 0. The van der Waals surface area contributed by atoms with Gasteiger partial charge in [-0.05, 0) is 25.3 Å². The van der Waals surface area contributed by atoms with Gasteiger partial charge in [-0.15, -0.1) is 16.8 Å². The first-order valence-corrected chi connectivity index (χ1v) is 7.99. The molecule has 20 heavy (non-hydrogen) atoms. The van der Waals surface area contributed by atoms with Gasteiger partial charge in [0, 0.05) is 18.2 Å². The van der Waals surface area contributed by atoms with Crippen molar-refractivity contribution in [2.45, 2.75) is 43.1 Å². The first-order valence-electron chi connectivity index (χ1n) is 7.00. The Labute approximate surface area is 124 Å². The molecule has 104 valence electrons. The summed E-state index contributed by atoms with van der Waals surface area (Å²) in [6.45, 7) is 6.75. The Kier molecular flexibility index (Phi) is 3.92. The van der Waals surface area contributed by atoms with Crippen molar-refractivity contribution in [1.82, 2.24) is 14.8 Å². The molecule has 1 heterocycles. The number of hydrogen-bond donors (Lipinski definition) is 0. The van der Waals surface area contributed by atoms with Crippen molar-refractivity contribution in [3.05, 3.63) is 53.9 Å². The van der Waals surface area contributed by atoms with Gasteiger partial charge in [0.25, 0.3) is 0 Å². The Bertz CT molecular complexity index is 597. The van der Waals surface area contributed by atoms with Crippen LogP contribution in [0.1, 0.15) is 35.7 Å². The predicted molar refractivity (Wildman–Crippen MR) is 82.9 cm³/mol. The lowest BCUT2D eigenvalue weighted by Gasteiger charge is -2.07. The first kappa shape index (κ1) is 13.4. The molecule has 0 bridgehead atoms. The normalized spacial score (nSPS) is 14.4. The summed E-state index contributed by atoms with van der Waals surface area (Å²) in [5, 5.41) is 9.73. The molecule has 1 fully saturated rings. The summed E-state index contributed by atoms with van der Waals surface area (Å²) >= 11 is 1.75. The Morgan fingerprint density at radius 3 is 2.70 bits per heavy atom. The van der Waals surface area contributed by atoms with Crippen LogP contribution in [0.15, 0.2) is 42.1 Å². The number of thioether (sulfide) groups is 1. The Hall–Kier alpha value is -1.55. The predicted octanol–water partition coefficient (Wildman–Crippen LogP) is 3.94. The van der Waals surface area contributed by atoms with Crippen LogP contribution in [-0.4, -0.2) is 14.8 Å². The Morgan fingerprint density at radius 1 is 1.30 bits per heavy atom. The van der Waals surface area contributed by atoms with Crippen LogP contribution < -0.4 is 0 Å². The standard InChI is InChI=1S/C16H19N3S/c1-3-10-19-15(14-8-9-14)17-18-16(19)20-11-13-6-4-12(2)5-7-13/h3-7,14H,1,8-11H2,2H3. The van der Waals surface area contributed by atoms with Gasteiger partial charge in [-0.25, -0.2) is 0 Å². The number of benzene rings is 1. The maximum Gasteiger partial charge on any atom is 0.191 e. The van der Waals surface area contributed by atoms with Crippen molar-refractivity contribution in [3.63, 3.8) is 0 Å². The molecule has 1 aliphatic rings. The molecule has 3 rings (SSSR count). The number of nitrogens with zero attached hydrogens (tertiary/aromatic N) is 3. The average molecular weight is 285 g/mol. The van der Waals surface area contributed by atoms with Crippen LogP contribution in [0.3, 0.4) is 0 Å². The lowest BCUT2D eigenvalue weighted by Crippen LogP contribution is -2.02. The molecule has 0 aliphatic heterocycles. The average Bonchev–Trinajstić information content (AvgIpc) is 3.22. The highest BCUT2D eigenvalue weighted by atomic mass is 32.2. The number of aromatic nitrogens is 3. The number of hydrogen-bond acceptors (Lipinski definition) is 3. The molecule has 0 unspecified atom stereocenters. The van der Waals surface area contributed by atoms with Gasteiger partial charge in [-0.1, -0.05) is 47.7 Å². The molecule has 1 aromatic carbocycles. The molecule has 0 amide bonds. The fraction of sp³-hybridized carbons (Fsp3) is 0.375. The van der Waals surface area contributed by atoms with Gasteiger partial charge in [0.05, 0.1) is 0 Å². The number of rotatable bonds is 6. The summed E-state index contributed by atoms with van der Waals surface area (Å²) in [6.07, 6.45) is 4.42. The molecule has 0 radical (unpaired) electrons. The molecule has 0 spiro atoms. The van der Waals surface area contributed by atoms with E-state index < -0.39 is 0 Å². The molecule has 0 saturated heterocycles. The SMILES string of the molecule is C=CCn1c(SCc2ccc(C)cc2)nnc1C1CC1. The second-order valence-electron chi connectivity index (χ2n) is 5.29. The lowest BCUT2D eigenvalue weighted by atomic mass is 10.2. The maximum absolute atomic E-state index is 4.37. The minimum Gasteiger partial charge on any atom is -0.302 e. The van der Waals surface area contributed by atoms with E-state index in [1.165, 1.54) is 24.0 Å². The molecular weight excluding hydrogens is 266 g/mol. The van der Waals surface area contributed by atoms with Crippen LogP contribution in [0.4, 0.5) is 0 Å². The highest BCUT2D eigenvalue weighted by molar-refractivity contribution is 7.98. The smallest absolute Gasteiger partial charge is 0.191 e. The van der Waals surface area contributed by atoms with Crippen molar-refractivity contribution in [2.75, 3.05) is 0 Å². The van der Waals surface area contributed by atoms with Gasteiger partial charge < -0.3 is 4.57 Å². The van der Waals surface area contributed by atoms with Gasteiger partial charge in [0.1, 0.15) is 5.82 Å². The summed E-state index contributed by atoms with van der Waals surface area (Å²) in [6, 6.07) is 8.66. The van der Waals surface area contributed by atoms with E-state index in [0.29, 0.717) is 5.92 Å². The minimum absolute atomic E-state index is 0.621. The van der Waals surface area contributed by atoms with E-state index in [-0.39, 0.29) is 0 Å². The fourth-order valence-electron chi connectivity index (χ4n) is 2.18. The third kappa shape index (κ3) is 2.96. The summed E-state index contributed by atoms with van der Waals surface area (Å²) in [5.74, 6) is 2.69. The van der Waals surface area contributed by atoms with E-state index in [9.17, 15) is 0 Å². The van der Waals surface area contributed by atoms with Gasteiger partial charge in [-0.3, -0.25) is 0 Å². The van der Waals surface area contributed by atoms with Gasteiger partial charge >= 0.3 is 0 Å². The third-order valence-corrected chi connectivity index (χ3v) is 4.53. The summed E-state index contributed by atoms with van der Waals surface area (Å²) in [5.41, 5.74) is 2.62. The number of aryl methyl sites for hydroxylation is 1. The van der Waals surface area contributed by atoms with E-state index in [1.807, 2.05) is 6.08 Å². The third-order valence-electron chi connectivity index (χ3n) is 3.49. The van der Waals surface area contributed by atoms with E-state index >= 15 is 0 Å². The lowest BCUT2D eigenvalue weighted by molar-refractivity contribution is 0.681. The van der Waals surface area contributed by atoms with Crippen molar-refractivity contribution in [1.29, 1.82) is 0 Å². The quantitative estimate of drug-likeness (QED) is 0.595. The fourth-order valence-corrected chi connectivity index (χ4v) is 3.09. The maximum atomic E-state index is 4.37. The highest BCUT2D eigenvalue weighted by Crippen LogP contribution is 2.40. The van der Waals surface area contributed by atoms with Crippen molar-refractivity contribution in [3.8, 4) is 0 Å². The summed E-state index contributed by atoms with van der Waals surface area (Å²) < 4.78 is 2.21. The molecule has 1 aromatic heterocycles. The van der Waals surface area contributed by atoms with Crippen molar-refractivity contribution >= 4 is 11.8 Å². The van der Waals surface area contributed by atoms with Crippen LogP contribution in [0, 0.1) is 6.92 Å². The van der Waals surface area contributed by atoms with E-state index in [1.54, 1.807) is 11.8 Å².